The van der Waals surface area contributed by atoms with Gasteiger partial charge in [0.1, 0.15) is 0 Å². The third-order valence-electron chi connectivity index (χ3n) is 3.21. The van der Waals surface area contributed by atoms with Gasteiger partial charge >= 0.3 is 12.6 Å². The molecule has 0 aromatic heterocycles. The van der Waals surface area contributed by atoms with Crippen molar-refractivity contribution in [3.8, 4) is 11.5 Å². The zero-order chi connectivity index (χ0) is 20.2. The number of benzene rings is 1. The van der Waals surface area contributed by atoms with Crippen molar-refractivity contribution in [3.05, 3.63) is 55.1 Å². The Hall–Kier alpha value is -3.16. The Bertz CT molecular complexity index is 693. The Morgan fingerprint density at radius 3 is 2.41 bits per heavy atom. The number of ether oxygens (including phenoxy) is 3. The summed E-state index contributed by atoms with van der Waals surface area (Å²) in [6, 6.07) is 4.18. The summed E-state index contributed by atoms with van der Waals surface area (Å²) < 4.78 is 38.8. The van der Waals surface area contributed by atoms with Gasteiger partial charge in [-0.25, -0.2) is 4.79 Å². The van der Waals surface area contributed by atoms with E-state index in [1.165, 1.54) is 36.3 Å². The van der Waals surface area contributed by atoms with E-state index in [9.17, 15) is 18.4 Å². The fourth-order valence-electron chi connectivity index (χ4n) is 2.01. The predicted molar refractivity (Wildman–Crippen MR) is 96.6 cm³/mol. The first kappa shape index (κ1) is 21.9. The third kappa shape index (κ3) is 7.72. The third-order valence-corrected chi connectivity index (χ3v) is 3.21. The standard InChI is InChI=1S/C19H21F2NO5/c1-4-10-22(11-5-2)17(23)13-26-18(24)9-7-14-6-8-15(27-19(20)21)16(12-14)25-3/h4-9,12,19H,1-2,10-11,13H2,3H3/b9-7+. The molecule has 1 amide bonds. The van der Waals surface area contributed by atoms with Crippen LogP contribution >= 0.6 is 0 Å². The number of rotatable bonds is 11. The summed E-state index contributed by atoms with van der Waals surface area (Å²) in [5.74, 6) is -1.15. The van der Waals surface area contributed by atoms with Crippen LogP contribution in [0.4, 0.5) is 8.78 Å². The lowest BCUT2D eigenvalue weighted by Crippen LogP contribution is -2.34. The molecule has 146 valence electrons. The van der Waals surface area contributed by atoms with Gasteiger partial charge in [0.15, 0.2) is 18.1 Å². The Kier molecular flexibility index (Phi) is 9.28. The van der Waals surface area contributed by atoms with E-state index in [-0.39, 0.29) is 17.4 Å². The molecule has 0 unspecified atom stereocenters. The van der Waals surface area contributed by atoms with Gasteiger partial charge in [0, 0.05) is 19.2 Å². The van der Waals surface area contributed by atoms with Crippen LogP contribution in [0, 0.1) is 0 Å². The fraction of sp³-hybridized carbons (Fsp3) is 0.263. The van der Waals surface area contributed by atoms with Crippen molar-refractivity contribution in [2.24, 2.45) is 0 Å². The summed E-state index contributed by atoms with van der Waals surface area (Å²) in [6.07, 6.45) is 5.61. The van der Waals surface area contributed by atoms with Gasteiger partial charge in [-0.3, -0.25) is 4.79 Å². The first-order chi connectivity index (χ1) is 12.9. The minimum absolute atomic E-state index is 0.0884. The second kappa shape index (κ2) is 11.5. The Morgan fingerprint density at radius 1 is 1.19 bits per heavy atom. The number of methoxy groups -OCH3 is 1. The molecule has 0 saturated heterocycles. The number of carbonyl (C=O) groups is 2. The highest BCUT2D eigenvalue weighted by Crippen LogP contribution is 2.29. The van der Waals surface area contributed by atoms with E-state index in [1.807, 2.05) is 0 Å². The van der Waals surface area contributed by atoms with Crippen molar-refractivity contribution in [2.45, 2.75) is 6.61 Å². The van der Waals surface area contributed by atoms with E-state index in [0.29, 0.717) is 18.7 Å². The molecule has 0 bridgehead atoms. The largest absolute Gasteiger partial charge is 0.493 e. The van der Waals surface area contributed by atoms with Crippen LogP contribution in [-0.4, -0.2) is 50.2 Å². The molecule has 27 heavy (non-hydrogen) atoms. The van der Waals surface area contributed by atoms with Crippen molar-refractivity contribution in [1.29, 1.82) is 0 Å². The van der Waals surface area contributed by atoms with Gasteiger partial charge in [-0.1, -0.05) is 18.2 Å². The molecule has 0 aliphatic heterocycles. The Morgan fingerprint density at radius 2 is 1.85 bits per heavy atom. The molecule has 1 rings (SSSR count). The molecule has 0 heterocycles. The van der Waals surface area contributed by atoms with E-state index in [0.717, 1.165) is 6.08 Å². The maximum atomic E-state index is 12.3. The molecule has 0 aliphatic carbocycles. The zero-order valence-corrected chi connectivity index (χ0v) is 14.9. The highest BCUT2D eigenvalue weighted by atomic mass is 19.3. The number of carbonyl (C=O) groups excluding carboxylic acids is 2. The number of nitrogens with zero attached hydrogens (tertiary/aromatic N) is 1. The topological polar surface area (TPSA) is 65.1 Å². The summed E-state index contributed by atoms with van der Waals surface area (Å²) in [4.78, 5) is 25.1. The van der Waals surface area contributed by atoms with Crippen LogP contribution in [0.25, 0.3) is 6.08 Å². The van der Waals surface area contributed by atoms with Crippen molar-refractivity contribution in [1.82, 2.24) is 4.90 Å². The maximum absolute atomic E-state index is 12.3. The second-order valence-electron chi connectivity index (χ2n) is 5.11. The van der Waals surface area contributed by atoms with Crippen LogP contribution in [0.15, 0.2) is 49.6 Å². The first-order valence-electron chi connectivity index (χ1n) is 7.88. The highest BCUT2D eigenvalue weighted by molar-refractivity contribution is 5.89. The zero-order valence-electron chi connectivity index (χ0n) is 14.9. The van der Waals surface area contributed by atoms with Crippen LogP contribution in [0.1, 0.15) is 5.56 Å². The molecule has 1 aromatic carbocycles. The molecule has 0 N–H and O–H groups in total. The van der Waals surface area contributed by atoms with Crippen LogP contribution in [0.3, 0.4) is 0 Å². The molecule has 1 aromatic rings. The molecule has 0 spiro atoms. The molecular weight excluding hydrogens is 360 g/mol. The normalized spacial score (nSPS) is 10.5. The van der Waals surface area contributed by atoms with E-state index in [1.54, 1.807) is 12.2 Å². The monoisotopic (exact) mass is 381 g/mol. The van der Waals surface area contributed by atoms with E-state index >= 15 is 0 Å². The van der Waals surface area contributed by atoms with Crippen molar-refractivity contribution >= 4 is 18.0 Å². The molecule has 0 radical (unpaired) electrons. The molecule has 0 saturated carbocycles. The van der Waals surface area contributed by atoms with Crippen molar-refractivity contribution in [3.63, 3.8) is 0 Å². The van der Waals surface area contributed by atoms with Crippen molar-refractivity contribution in [2.75, 3.05) is 26.8 Å². The van der Waals surface area contributed by atoms with Gasteiger partial charge in [-0.05, 0) is 23.8 Å². The highest BCUT2D eigenvalue weighted by Gasteiger charge is 2.13. The fourth-order valence-corrected chi connectivity index (χ4v) is 2.01. The van der Waals surface area contributed by atoms with Crippen LogP contribution in [-0.2, 0) is 14.3 Å². The van der Waals surface area contributed by atoms with Gasteiger partial charge in [-0.15, -0.1) is 13.2 Å². The number of halogens is 2. The molecular formula is C19H21F2NO5. The quantitative estimate of drug-likeness (QED) is 0.335. The molecule has 0 atom stereocenters. The minimum atomic E-state index is -2.98. The van der Waals surface area contributed by atoms with Gasteiger partial charge in [0.25, 0.3) is 5.91 Å². The number of esters is 1. The summed E-state index contributed by atoms with van der Waals surface area (Å²) >= 11 is 0. The van der Waals surface area contributed by atoms with Crippen molar-refractivity contribution < 1.29 is 32.6 Å². The Labute approximate surface area is 156 Å². The number of hydrogen-bond donors (Lipinski definition) is 0. The summed E-state index contributed by atoms with van der Waals surface area (Å²) in [7, 11) is 1.30. The lowest BCUT2D eigenvalue weighted by atomic mass is 10.2. The van der Waals surface area contributed by atoms with Crippen LogP contribution < -0.4 is 9.47 Å². The molecule has 8 heteroatoms. The average molecular weight is 381 g/mol. The predicted octanol–water partition coefficient (Wildman–Crippen LogP) is 3.05. The summed E-state index contributed by atoms with van der Waals surface area (Å²) in [5, 5.41) is 0. The van der Waals surface area contributed by atoms with Gasteiger partial charge in [0.2, 0.25) is 0 Å². The van der Waals surface area contributed by atoms with Crippen LogP contribution in [0.2, 0.25) is 0 Å². The lowest BCUT2D eigenvalue weighted by Gasteiger charge is -2.18. The SMILES string of the molecule is C=CCN(CC=C)C(=O)COC(=O)/C=C/c1ccc(OC(F)F)c(OC)c1. The van der Waals surface area contributed by atoms with E-state index < -0.39 is 19.2 Å². The molecule has 0 fully saturated rings. The smallest absolute Gasteiger partial charge is 0.387 e. The van der Waals surface area contributed by atoms with Gasteiger partial charge in [0.05, 0.1) is 7.11 Å². The number of hydrogen-bond acceptors (Lipinski definition) is 5. The van der Waals surface area contributed by atoms with Gasteiger partial charge < -0.3 is 19.1 Å². The second-order valence-corrected chi connectivity index (χ2v) is 5.11. The Balaban J connectivity index is 2.66. The molecule has 0 aliphatic rings. The maximum Gasteiger partial charge on any atom is 0.387 e. The minimum Gasteiger partial charge on any atom is -0.493 e. The van der Waals surface area contributed by atoms with E-state index in [2.05, 4.69) is 17.9 Å². The first-order valence-corrected chi connectivity index (χ1v) is 7.88. The van der Waals surface area contributed by atoms with E-state index in [4.69, 9.17) is 9.47 Å². The summed E-state index contributed by atoms with van der Waals surface area (Å²) in [6.45, 7) is 4.33. The van der Waals surface area contributed by atoms with Crippen LogP contribution in [0.5, 0.6) is 11.5 Å². The number of alkyl halides is 2. The lowest BCUT2D eigenvalue weighted by molar-refractivity contribution is -0.147. The number of amides is 1. The average Bonchev–Trinajstić information content (AvgIpc) is 2.64. The van der Waals surface area contributed by atoms with Gasteiger partial charge in [-0.2, -0.15) is 8.78 Å². The summed E-state index contributed by atoms with van der Waals surface area (Å²) in [5.41, 5.74) is 0.497. The molecule has 6 nitrogen and oxygen atoms in total.